The van der Waals surface area contributed by atoms with Gasteiger partial charge >= 0.3 is 0 Å². The van der Waals surface area contributed by atoms with Crippen molar-refractivity contribution in [1.82, 2.24) is 0 Å². The van der Waals surface area contributed by atoms with E-state index in [1.165, 1.54) is 12.8 Å². The smallest absolute Gasteiger partial charge is 0.118 e. The lowest BCUT2D eigenvalue weighted by atomic mass is 9.97. The summed E-state index contributed by atoms with van der Waals surface area (Å²) in [5.74, 6) is 0.392. The Morgan fingerprint density at radius 2 is 1.50 bits per heavy atom. The van der Waals surface area contributed by atoms with E-state index >= 15 is 0 Å². The molecule has 0 unspecified atom stereocenters. The highest BCUT2D eigenvalue weighted by Gasteiger charge is 2.06. The molecule has 3 aromatic rings. The van der Waals surface area contributed by atoms with Crippen LogP contribution in [0.2, 0.25) is 0 Å². The van der Waals surface area contributed by atoms with Gasteiger partial charge < -0.3 is 10.2 Å². The quantitative estimate of drug-likeness (QED) is 0.594. The molecule has 0 amide bonds. The molecule has 2 heteroatoms. The molecule has 0 radical (unpaired) electrons. The Morgan fingerprint density at radius 1 is 0.792 bits per heavy atom. The van der Waals surface area contributed by atoms with Crippen molar-refractivity contribution in [2.24, 2.45) is 0 Å². The average Bonchev–Trinajstić information content (AvgIpc) is 2.62. The zero-order valence-electron chi connectivity index (χ0n) is 14.1. The van der Waals surface area contributed by atoms with Gasteiger partial charge in [0.15, 0.2) is 0 Å². The minimum absolute atomic E-state index is 0.0662. The summed E-state index contributed by atoms with van der Waals surface area (Å²) in [6.07, 6.45) is 4.39. The number of aliphatic hydroxyl groups excluding tert-OH is 1. The van der Waals surface area contributed by atoms with Gasteiger partial charge in [-0.1, -0.05) is 50.1 Å². The number of aryl methyl sites for hydroxylation is 1. The van der Waals surface area contributed by atoms with E-state index in [4.69, 9.17) is 0 Å². The second-order valence-electron chi connectivity index (χ2n) is 6.35. The van der Waals surface area contributed by atoms with Gasteiger partial charge in [0, 0.05) is 0 Å². The van der Waals surface area contributed by atoms with Gasteiger partial charge in [0.05, 0.1) is 6.61 Å². The lowest BCUT2D eigenvalue weighted by Gasteiger charge is -2.09. The van der Waals surface area contributed by atoms with Crippen LogP contribution in [0.3, 0.4) is 0 Å². The second kappa shape index (κ2) is 7.50. The van der Waals surface area contributed by atoms with Gasteiger partial charge in [0.1, 0.15) is 5.75 Å². The van der Waals surface area contributed by atoms with Crippen LogP contribution in [0.1, 0.15) is 37.3 Å². The highest BCUT2D eigenvalue weighted by atomic mass is 16.3. The molecule has 24 heavy (non-hydrogen) atoms. The zero-order valence-corrected chi connectivity index (χ0v) is 14.1. The first-order valence-electron chi connectivity index (χ1n) is 8.67. The Morgan fingerprint density at radius 3 is 2.29 bits per heavy atom. The molecule has 0 atom stereocenters. The van der Waals surface area contributed by atoms with E-state index < -0.39 is 0 Å². The first-order valence-corrected chi connectivity index (χ1v) is 8.67. The molecule has 0 fully saturated rings. The summed E-state index contributed by atoms with van der Waals surface area (Å²) in [5.41, 5.74) is 4.23. The molecule has 2 N–H and O–H groups in total. The number of hydrogen-bond acceptors (Lipinski definition) is 2. The first kappa shape index (κ1) is 16.5. The average molecular weight is 320 g/mol. The molecule has 0 aliphatic heterocycles. The van der Waals surface area contributed by atoms with Crippen molar-refractivity contribution in [2.75, 3.05) is 0 Å². The number of aliphatic hydroxyl groups is 1. The Labute approximate surface area is 143 Å². The van der Waals surface area contributed by atoms with Crippen LogP contribution in [0.5, 0.6) is 5.75 Å². The number of unbranched alkanes of at least 4 members (excludes halogenated alkanes) is 2. The molecule has 124 valence electrons. The van der Waals surface area contributed by atoms with E-state index in [9.17, 15) is 10.2 Å². The van der Waals surface area contributed by atoms with E-state index in [0.29, 0.717) is 5.75 Å². The number of phenols is 1. The van der Waals surface area contributed by atoms with Crippen molar-refractivity contribution >= 4 is 10.8 Å². The van der Waals surface area contributed by atoms with E-state index in [0.717, 1.165) is 45.9 Å². The number of hydrogen-bond donors (Lipinski definition) is 2. The van der Waals surface area contributed by atoms with Crippen LogP contribution < -0.4 is 0 Å². The SMILES string of the molecule is CCCCCc1cc(-c2ccc3cc(CO)ccc3c2)ccc1O. The Bertz CT molecular complexity index is 836. The van der Waals surface area contributed by atoms with Crippen LogP contribution in [0.4, 0.5) is 0 Å². The summed E-state index contributed by atoms with van der Waals surface area (Å²) in [7, 11) is 0. The van der Waals surface area contributed by atoms with E-state index in [1.54, 1.807) is 6.07 Å². The van der Waals surface area contributed by atoms with Crippen molar-refractivity contribution in [3.63, 3.8) is 0 Å². The van der Waals surface area contributed by atoms with Gasteiger partial charge in [-0.05, 0) is 70.1 Å². The van der Waals surface area contributed by atoms with Crippen molar-refractivity contribution in [3.8, 4) is 16.9 Å². The molecule has 0 heterocycles. The molecule has 3 aromatic carbocycles. The fraction of sp³-hybridized carbons (Fsp3) is 0.273. The number of fused-ring (bicyclic) bond motifs is 1. The fourth-order valence-electron chi connectivity index (χ4n) is 3.10. The van der Waals surface area contributed by atoms with Gasteiger partial charge in [-0.3, -0.25) is 0 Å². The summed E-state index contributed by atoms with van der Waals surface area (Å²) >= 11 is 0. The van der Waals surface area contributed by atoms with Crippen molar-refractivity contribution < 1.29 is 10.2 Å². The van der Waals surface area contributed by atoms with Crippen LogP contribution in [0, 0.1) is 0 Å². The van der Waals surface area contributed by atoms with Gasteiger partial charge in [-0.2, -0.15) is 0 Å². The fourth-order valence-corrected chi connectivity index (χ4v) is 3.10. The zero-order chi connectivity index (χ0) is 16.9. The third kappa shape index (κ3) is 3.60. The van der Waals surface area contributed by atoms with Crippen LogP contribution in [0.25, 0.3) is 21.9 Å². The van der Waals surface area contributed by atoms with Crippen molar-refractivity contribution in [3.05, 3.63) is 65.7 Å². The third-order valence-electron chi connectivity index (χ3n) is 4.55. The van der Waals surface area contributed by atoms with E-state index in [-0.39, 0.29) is 6.61 Å². The van der Waals surface area contributed by atoms with Crippen LogP contribution in [0.15, 0.2) is 54.6 Å². The van der Waals surface area contributed by atoms with Gasteiger partial charge in [-0.15, -0.1) is 0 Å². The van der Waals surface area contributed by atoms with Crippen LogP contribution in [-0.4, -0.2) is 10.2 Å². The summed E-state index contributed by atoms with van der Waals surface area (Å²) in [6, 6.07) is 18.3. The molecule has 0 aliphatic rings. The summed E-state index contributed by atoms with van der Waals surface area (Å²) in [6.45, 7) is 2.25. The maximum Gasteiger partial charge on any atom is 0.118 e. The summed E-state index contributed by atoms with van der Waals surface area (Å²) < 4.78 is 0. The highest BCUT2D eigenvalue weighted by Crippen LogP contribution is 2.29. The number of phenolic OH excluding ortho intramolecular Hbond substituents is 1. The van der Waals surface area contributed by atoms with E-state index in [1.807, 2.05) is 24.3 Å². The normalized spacial score (nSPS) is 11.1. The second-order valence-corrected chi connectivity index (χ2v) is 6.35. The lowest BCUT2D eigenvalue weighted by molar-refractivity contribution is 0.282. The highest BCUT2D eigenvalue weighted by molar-refractivity contribution is 5.88. The molecule has 0 saturated heterocycles. The van der Waals surface area contributed by atoms with Crippen molar-refractivity contribution in [1.29, 1.82) is 0 Å². The Hall–Kier alpha value is -2.32. The molecular weight excluding hydrogens is 296 g/mol. The van der Waals surface area contributed by atoms with Gasteiger partial charge in [0.25, 0.3) is 0 Å². The molecule has 0 aliphatic carbocycles. The Balaban J connectivity index is 1.93. The summed E-state index contributed by atoms with van der Waals surface area (Å²) in [5, 5.41) is 21.6. The van der Waals surface area contributed by atoms with Gasteiger partial charge in [0.2, 0.25) is 0 Å². The monoisotopic (exact) mass is 320 g/mol. The Kier molecular flexibility index (Phi) is 5.17. The maximum absolute atomic E-state index is 10.1. The minimum Gasteiger partial charge on any atom is -0.508 e. The predicted octanol–water partition coefficient (Wildman–Crippen LogP) is 5.44. The minimum atomic E-state index is 0.0662. The summed E-state index contributed by atoms with van der Waals surface area (Å²) in [4.78, 5) is 0. The number of benzene rings is 3. The molecule has 0 saturated carbocycles. The molecule has 3 rings (SSSR count). The molecule has 0 aromatic heterocycles. The maximum atomic E-state index is 10.1. The number of aromatic hydroxyl groups is 1. The lowest BCUT2D eigenvalue weighted by Crippen LogP contribution is -1.89. The largest absolute Gasteiger partial charge is 0.508 e. The van der Waals surface area contributed by atoms with Crippen molar-refractivity contribution in [2.45, 2.75) is 39.2 Å². The number of rotatable bonds is 6. The topological polar surface area (TPSA) is 40.5 Å². The van der Waals surface area contributed by atoms with E-state index in [2.05, 4.69) is 31.2 Å². The van der Waals surface area contributed by atoms with Crippen LogP contribution >= 0.6 is 0 Å². The standard InChI is InChI=1S/C22H24O2/c1-2-3-4-5-21-14-20(10-11-22(21)24)19-9-8-17-12-16(15-23)6-7-18(17)13-19/h6-14,23-24H,2-5,15H2,1H3. The molecular formula is C22H24O2. The predicted molar refractivity (Wildman–Crippen MR) is 100 cm³/mol. The van der Waals surface area contributed by atoms with Gasteiger partial charge in [-0.25, -0.2) is 0 Å². The van der Waals surface area contributed by atoms with Crippen LogP contribution in [-0.2, 0) is 13.0 Å². The molecule has 0 spiro atoms. The first-order chi connectivity index (χ1) is 11.7. The third-order valence-corrected chi connectivity index (χ3v) is 4.55. The molecule has 2 nitrogen and oxygen atoms in total. The molecule has 0 bridgehead atoms.